The van der Waals surface area contributed by atoms with Crippen LogP contribution in [0.4, 0.5) is 0 Å². The Morgan fingerprint density at radius 2 is 1.77 bits per heavy atom. The third-order valence-corrected chi connectivity index (χ3v) is 22.2. The average molecular weight is 947 g/mol. The predicted octanol–water partition coefficient (Wildman–Crippen LogP) is 6.17. The highest BCUT2D eigenvalue weighted by atomic mass is 33.1. The first-order valence-electron chi connectivity index (χ1n) is 25.5. The van der Waals surface area contributed by atoms with Crippen LogP contribution in [0.25, 0.3) is 0 Å². The van der Waals surface area contributed by atoms with Gasteiger partial charge in [-0.1, -0.05) is 78.0 Å². The van der Waals surface area contributed by atoms with Crippen LogP contribution in [0, 0.1) is 75.4 Å². The highest BCUT2D eigenvalue weighted by Crippen LogP contribution is 2.74. The number of guanidine groups is 1. The Hall–Kier alpha value is -2.17. The van der Waals surface area contributed by atoms with Crippen molar-refractivity contribution in [1.82, 2.24) is 20.2 Å². The van der Waals surface area contributed by atoms with Crippen molar-refractivity contribution < 1.29 is 30.3 Å². The third-order valence-electron chi connectivity index (χ3n) is 19.7. The van der Waals surface area contributed by atoms with E-state index in [9.17, 15) is 25.5 Å². The molecule has 6 fully saturated rings. The Balaban J connectivity index is 1.15. The van der Waals surface area contributed by atoms with Crippen molar-refractivity contribution in [1.29, 1.82) is 0 Å². The van der Waals surface area contributed by atoms with Gasteiger partial charge in [-0.3, -0.25) is 9.79 Å². The normalized spacial score (nSPS) is 46.0. The first-order chi connectivity index (χ1) is 31.4. The zero-order chi connectivity index (χ0) is 46.7. The van der Waals surface area contributed by atoms with Gasteiger partial charge in [0, 0.05) is 78.0 Å². The molecule has 10 rings (SSSR count). The minimum atomic E-state index is -1.39. The summed E-state index contributed by atoms with van der Waals surface area (Å²) >= 11 is 0. The van der Waals surface area contributed by atoms with Crippen molar-refractivity contribution in [2.24, 2.45) is 86.2 Å². The first-order valence-corrected chi connectivity index (χ1v) is 28.0. The average Bonchev–Trinajstić information content (AvgIpc) is 3.88. The van der Waals surface area contributed by atoms with E-state index >= 15 is 4.79 Å². The molecule has 1 aromatic heterocycles. The monoisotopic (exact) mass is 947 g/mol. The maximum atomic E-state index is 15.1. The molecule has 18 atom stereocenters. The van der Waals surface area contributed by atoms with Gasteiger partial charge in [-0.05, 0) is 137 Å². The Labute approximate surface area is 400 Å². The Morgan fingerprint density at radius 3 is 2.52 bits per heavy atom. The van der Waals surface area contributed by atoms with Crippen molar-refractivity contribution in [3.05, 3.63) is 52.7 Å². The van der Waals surface area contributed by atoms with Crippen LogP contribution in [0.3, 0.4) is 0 Å². The van der Waals surface area contributed by atoms with Crippen LogP contribution in [-0.2, 0) is 4.79 Å². The summed E-state index contributed by atoms with van der Waals surface area (Å²) in [5.74, 6) is 0.462. The quantitative estimate of drug-likeness (QED) is 0.0532. The van der Waals surface area contributed by atoms with E-state index in [1.165, 1.54) is 31.3 Å². The highest BCUT2D eigenvalue weighted by molar-refractivity contribution is 8.76. The molecule has 4 bridgehead atoms. The number of hydrogen-bond acceptors (Lipinski definition) is 11. The molecule has 9 aliphatic rings. The van der Waals surface area contributed by atoms with Gasteiger partial charge in [0.05, 0.1) is 30.2 Å². The smallest absolute Gasteiger partial charge is 0.190 e. The Bertz CT molecular complexity index is 2160. The van der Waals surface area contributed by atoms with E-state index in [-0.39, 0.29) is 65.1 Å². The number of nitrogens with one attached hydrogen (secondary N) is 2. The topological polar surface area (TPSA) is 198 Å². The molecule has 5 saturated carbocycles. The third kappa shape index (κ3) is 7.32. The van der Waals surface area contributed by atoms with E-state index < -0.39 is 52.8 Å². The van der Waals surface area contributed by atoms with Crippen molar-refractivity contribution in [2.45, 2.75) is 148 Å². The van der Waals surface area contributed by atoms with Crippen LogP contribution < -0.4 is 16.4 Å². The minimum Gasteiger partial charge on any atom is -0.392 e. The van der Waals surface area contributed by atoms with Crippen molar-refractivity contribution in [3.8, 4) is 0 Å². The van der Waals surface area contributed by atoms with Gasteiger partial charge in [0.25, 0.3) is 0 Å². The number of nitrogens with two attached hydrogens (primary N) is 1. The summed E-state index contributed by atoms with van der Waals surface area (Å²) in [5, 5.41) is 67.6. The number of carbonyl (C=O) groups excluding carboxylic acids is 1. The molecule has 8 aliphatic carbocycles. The second-order valence-corrected chi connectivity index (χ2v) is 26.2. The number of hydrogen-bond donors (Lipinski definition) is 8. The number of aliphatic hydroxyl groups excluding tert-OH is 4. The van der Waals surface area contributed by atoms with Gasteiger partial charge < -0.3 is 46.5 Å². The molecule has 364 valence electrons. The molecule has 0 amide bonds. The number of aliphatic imine (C=N–C) groups is 1. The molecule has 0 spiro atoms. The minimum absolute atomic E-state index is 0.0437. The number of aliphatic hydroxyl groups is 5. The largest absolute Gasteiger partial charge is 0.392 e. The maximum absolute atomic E-state index is 15.1. The van der Waals surface area contributed by atoms with E-state index in [4.69, 9.17) is 10.7 Å². The fourth-order valence-corrected chi connectivity index (χ4v) is 20.3. The van der Waals surface area contributed by atoms with Gasteiger partial charge in [-0.2, -0.15) is 0 Å². The zero-order valence-electron chi connectivity index (χ0n) is 40.2. The van der Waals surface area contributed by atoms with Crippen molar-refractivity contribution in [3.63, 3.8) is 0 Å². The number of allylic oxidation sites excluding steroid dienone is 3. The summed E-state index contributed by atoms with van der Waals surface area (Å²) in [6.07, 6.45) is 15.7. The molecule has 0 aromatic carbocycles. The Morgan fingerprint density at radius 1 is 1.00 bits per heavy atom. The standard InChI is InChI=1S/C52H78N6O6S2/c1-27(59)57-48(53)56-22-29-19-51(5)37-17-30(52(51,64)38-18-39(60)44-36(23-54-6)46(62)40(61)21-50(44,4)43(29)38)24-65-66-25-31(58-15-14-55-26-58)20-49(2,3)45-34-12-8-7-11-32(34)33-13-9-10-28-16-35(37)47(63)42(45)41(28)33/h14-15,18,26-32,35-37,40,42-44,46-47,54,59,61-64H,7-13,16-17,19-25H2,1-6H3,(H3,53,56,57)/t27-,28+,29+,30+,31+,32-,35+,36-,37-,40+,42-,43+,44+,46-,47+,50-,51-,52-/m1/s1. The number of ketones is 1. The SMILES string of the molecule is CNC[C@H]1[C@@H](O)[C@@H](O)C[C@]2(C)[C@@H]3C(=CC(=O)[C@H]12)[C@]1(O)[C@@H]2CSSC[C@@H](n4ccnc4)CC(C)(C)C4=C5CCCC[C@@H]5C5=C6[C@@H](CCC5)C[C@H]([C@H](O)[C@H]64)[C@@H](C2)[C@@]1(C)C[C@H]3CN=C(N)N[C@@H](C)O. The fraction of sp³-hybridized carbons (Fsp3) is 0.788. The van der Waals surface area contributed by atoms with E-state index in [0.717, 1.165) is 49.9 Å². The second-order valence-electron chi connectivity index (χ2n) is 23.7. The van der Waals surface area contributed by atoms with Crippen LogP contribution in [0.5, 0.6) is 0 Å². The molecule has 14 heteroatoms. The predicted molar refractivity (Wildman–Crippen MR) is 262 cm³/mol. The van der Waals surface area contributed by atoms with Gasteiger partial charge in [-0.25, -0.2) is 4.98 Å². The van der Waals surface area contributed by atoms with Crippen LogP contribution in [0.1, 0.15) is 118 Å². The molecule has 1 saturated heterocycles. The molecule has 12 nitrogen and oxygen atoms in total. The molecule has 66 heavy (non-hydrogen) atoms. The van der Waals surface area contributed by atoms with E-state index in [0.29, 0.717) is 37.1 Å². The lowest BCUT2D eigenvalue weighted by atomic mass is 9.41. The highest BCUT2D eigenvalue weighted by Gasteiger charge is 2.74. The molecule has 0 radical (unpaired) electrons. The molecule has 2 heterocycles. The lowest BCUT2D eigenvalue weighted by Gasteiger charge is -2.65. The van der Waals surface area contributed by atoms with E-state index in [2.05, 4.69) is 54.1 Å². The van der Waals surface area contributed by atoms with Gasteiger partial charge in [-0.15, -0.1) is 0 Å². The lowest BCUT2D eigenvalue weighted by molar-refractivity contribution is -0.183. The molecule has 0 unspecified atom stereocenters. The van der Waals surface area contributed by atoms with Crippen LogP contribution in [-0.4, -0.2) is 109 Å². The number of nitrogens with zero attached hydrogens (tertiary/aromatic N) is 3. The van der Waals surface area contributed by atoms with Crippen LogP contribution >= 0.6 is 21.6 Å². The second kappa shape index (κ2) is 17.6. The van der Waals surface area contributed by atoms with Gasteiger partial charge in [0.1, 0.15) is 6.23 Å². The fourth-order valence-electron chi connectivity index (χ4n) is 17.6. The van der Waals surface area contributed by atoms with Crippen molar-refractivity contribution >= 4 is 33.3 Å². The van der Waals surface area contributed by atoms with E-state index in [1.807, 2.05) is 41.2 Å². The van der Waals surface area contributed by atoms with Gasteiger partial charge in [0.15, 0.2) is 11.7 Å². The van der Waals surface area contributed by atoms with Crippen LogP contribution in [0.2, 0.25) is 0 Å². The van der Waals surface area contributed by atoms with Crippen LogP contribution in [0.15, 0.2) is 57.7 Å². The van der Waals surface area contributed by atoms with Gasteiger partial charge >= 0.3 is 0 Å². The molecule has 9 N–H and O–H groups in total. The summed E-state index contributed by atoms with van der Waals surface area (Å²) in [5.41, 5.74) is 10.4. The summed E-state index contributed by atoms with van der Waals surface area (Å²) < 4.78 is 2.29. The molecular weight excluding hydrogens is 869 g/mol. The summed E-state index contributed by atoms with van der Waals surface area (Å²) in [6, 6.07) is 0.183. The number of fused-ring (bicyclic) bond motifs is 13. The summed E-state index contributed by atoms with van der Waals surface area (Å²) in [4.78, 5) is 24.5. The number of rotatable bonds is 6. The summed E-state index contributed by atoms with van der Waals surface area (Å²) in [7, 11) is 5.53. The summed E-state index contributed by atoms with van der Waals surface area (Å²) in [6.45, 7) is 11.6. The van der Waals surface area contributed by atoms with E-state index in [1.54, 1.807) is 29.7 Å². The number of imidazole rings is 1. The lowest BCUT2D eigenvalue weighted by Crippen LogP contribution is -2.67. The zero-order valence-corrected chi connectivity index (χ0v) is 41.8. The van der Waals surface area contributed by atoms with Crippen molar-refractivity contribution in [2.75, 3.05) is 31.6 Å². The number of carbonyl (C=O) groups is 1. The maximum Gasteiger partial charge on any atom is 0.190 e. The molecule has 1 aliphatic heterocycles. The Kier molecular flexibility index (Phi) is 12.7. The first kappa shape index (κ1) is 47.5. The van der Waals surface area contributed by atoms with Gasteiger partial charge in [0.2, 0.25) is 0 Å². The number of aromatic nitrogens is 2. The molecular formula is C52H78N6O6S2. The molecule has 1 aromatic rings.